The van der Waals surface area contributed by atoms with E-state index in [2.05, 4.69) is 0 Å². The van der Waals surface area contributed by atoms with Crippen LogP contribution in [0.5, 0.6) is 5.75 Å². The molecule has 1 aliphatic carbocycles. The van der Waals surface area contributed by atoms with E-state index in [1.807, 2.05) is 0 Å². The summed E-state index contributed by atoms with van der Waals surface area (Å²) < 4.78 is 31.2. The average molecular weight is 312 g/mol. The fourth-order valence-corrected chi connectivity index (χ4v) is 3.58. The van der Waals surface area contributed by atoms with E-state index in [1.165, 1.54) is 24.8 Å². The van der Waals surface area contributed by atoms with Crippen LogP contribution in [0, 0.1) is 5.92 Å². The summed E-state index contributed by atoms with van der Waals surface area (Å²) in [6, 6.07) is 6.62. The minimum atomic E-state index is -3.38. The number of ether oxygens (including phenoxy) is 1. The molecule has 118 valence electrons. The van der Waals surface area contributed by atoms with Gasteiger partial charge in [-0.3, -0.25) is 0 Å². The summed E-state index contributed by atoms with van der Waals surface area (Å²) in [7, 11) is -0.341. The molecule has 0 saturated heterocycles. The highest BCUT2D eigenvalue weighted by atomic mass is 32.2. The van der Waals surface area contributed by atoms with Gasteiger partial charge in [0, 0.05) is 20.0 Å². The molecule has 0 spiro atoms. The van der Waals surface area contributed by atoms with Gasteiger partial charge in [-0.1, -0.05) is 6.42 Å². The second kappa shape index (κ2) is 6.77. The van der Waals surface area contributed by atoms with Crippen molar-refractivity contribution in [1.82, 2.24) is 4.31 Å². The quantitative estimate of drug-likeness (QED) is 0.900. The van der Waals surface area contributed by atoms with Crippen LogP contribution in [0.1, 0.15) is 25.7 Å². The summed E-state index contributed by atoms with van der Waals surface area (Å²) in [6.45, 7) is 0.637. The number of nitrogens with zero attached hydrogens (tertiary/aromatic N) is 1. The van der Waals surface area contributed by atoms with Crippen LogP contribution < -0.4 is 10.5 Å². The smallest absolute Gasteiger partial charge is 0.242 e. The lowest BCUT2D eigenvalue weighted by molar-refractivity contribution is 0.0969. The van der Waals surface area contributed by atoms with Gasteiger partial charge in [0.25, 0.3) is 0 Å². The van der Waals surface area contributed by atoms with Crippen molar-refractivity contribution in [1.29, 1.82) is 0 Å². The van der Waals surface area contributed by atoms with Crippen molar-refractivity contribution >= 4 is 10.0 Å². The molecule has 1 aromatic carbocycles. The Morgan fingerprint density at radius 2 is 1.81 bits per heavy atom. The van der Waals surface area contributed by atoms with Crippen molar-refractivity contribution in [3.05, 3.63) is 24.3 Å². The number of hydrogen-bond acceptors (Lipinski definition) is 4. The number of hydrogen-bond donors (Lipinski definition) is 1. The van der Waals surface area contributed by atoms with Crippen LogP contribution in [0.2, 0.25) is 0 Å². The Kier molecular flexibility index (Phi) is 5.24. The molecule has 1 aliphatic rings. The molecule has 5 nitrogen and oxygen atoms in total. The Morgan fingerprint density at radius 3 is 2.38 bits per heavy atom. The highest BCUT2D eigenvalue weighted by molar-refractivity contribution is 7.89. The van der Waals surface area contributed by atoms with Crippen LogP contribution >= 0.6 is 0 Å². The lowest BCUT2D eigenvalue weighted by Gasteiger charge is -2.31. The summed E-state index contributed by atoms with van der Waals surface area (Å²) >= 11 is 0. The first-order chi connectivity index (χ1) is 9.95. The fraction of sp³-hybridized carbons (Fsp3) is 0.600. The largest absolute Gasteiger partial charge is 0.490 e. The van der Waals surface area contributed by atoms with Crippen LogP contribution in [0.15, 0.2) is 29.2 Å². The predicted octanol–water partition coefficient (Wildman–Crippen LogP) is 1.83. The van der Waals surface area contributed by atoms with Gasteiger partial charge < -0.3 is 10.5 Å². The second-order valence-corrected chi connectivity index (χ2v) is 7.85. The van der Waals surface area contributed by atoms with E-state index in [4.69, 9.17) is 10.5 Å². The Bertz CT molecular complexity index is 555. The highest BCUT2D eigenvalue weighted by Gasteiger charge is 2.25. The summed E-state index contributed by atoms with van der Waals surface area (Å²) in [5, 5.41) is 0. The van der Waals surface area contributed by atoms with E-state index >= 15 is 0 Å². The van der Waals surface area contributed by atoms with Gasteiger partial charge in [-0.2, -0.15) is 0 Å². The minimum Gasteiger partial charge on any atom is -0.490 e. The van der Waals surface area contributed by atoms with Gasteiger partial charge in [-0.25, -0.2) is 12.7 Å². The van der Waals surface area contributed by atoms with Crippen molar-refractivity contribution < 1.29 is 13.2 Å². The molecule has 0 radical (unpaired) electrons. The number of benzene rings is 1. The maximum Gasteiger partial charge on any atom is 0.242 e. The molecule has 2 unspecified atom stereocenters. The van der Waals surface area contributed by atoms with Crippen molar-refractivity contribution in [3.63, 3.8) is 0 Å². The zero-order valence-electron chi connectivity index (χ0n) is 12.7. The first-order valence-corrected chi connectivity index (χ1v) is 8.78. The lowest BCUT2D eigenvalue weighted by Crippen LogP contribution is -2.35. The SMILES string of the molecule is CN(C)S(=O)(=O)c1ccc(OC2CCCCC2CN)cc1. The van der Waals surface area contributed by atoms with E-state index in [1.54, 1.807) is 24.3 Å². The van der Waals surface area contributed by atoms with Crippen LogP contribution in [-0.2, 0) is 10.0 Å². The standard InChI is InChI=1S/C15H24N2O3S/c1-17(2)21(18,19)14-9-7-13(8-10-14)20-15-6-4-3-5-12(15)11-16/h7-10,12,15H,3-6,11,16H2,1-2H3. The molecule has 21 heavy (non-hydrogen) atoms. The summed E-state index contributed by atoms with van der Waals surface area (Å²) in [5.41, 5.74) is 5.80. The van der Waals surface area contributed by atoms with Gasteiger partial charge in [0.15, 0.2) is 0 Å². The maximum absolute atomic E-state index is 12.0. The Labute approximate surface area is 127 Å². The molecule has 2 N–H and O–H groups in total. The fourth-order valence-electron chi connectivity index (χ4n) is 2.67. The summed E-state index contributed by atoms with van der Waals surface area (Å²) in [6.07, 6.45) is 4.63. The first kappa shape index (κ1) is 16.3. The number of nitrogens with two attached hydrogens (primary N) is 1. The van der Waals surface area contributed by atoms with Crippen molar-refractivity contribution in [3.8, 4) is 5.75 Å². The lowest BCUT2D eigenvalue weighted by atomic mass is 9.86. The summed E-state index contributed by atoms with van der Waals surface area (Å²) in [4.78, 5) is 0.277. The molecule has 0 heterocycles. The van der Waals surface area contributed by atoms with E-state index in [0.717, 1.165) is 19.3 Å². The van der Waals surface area contributed by atoms with Crippen molar-refractivity contribution in [2.75, 3.05) is 20.6 Å². The Balaban J connectivity index is 2.09. The van der Waals surface area contributed by atoms with Crippen LogP contribution in [0.4, 0.5) is 0 Å². The van der Waals surface area contributed by atoms with Crippen LogP contribution in [-0.4, -0.2) is 39.5 Å². The van der Waals surface area contributed by atoms with Gasteiger partial charge in [-0.15, -0.1) is 0 Å². The highest BCUT2D eigenvalue weighted by Crippen LogP contribution is 2.28. The van der Waals surface area contributed by atoms with E-state index in [0.29, 0.717) is 18.2 Å². The van der Waals surface area contributed by atoms with Crippen LogP contribution in [0.25, 0.3) is 0 Å². The zero-order chi connectivity index (χ0) is 15.5. The third kappa shape index (κ3) is 3.75. The van der Waals surface area contributed by atoms with E-state index < -0.39 is 10.0 Å². The van der Waals surface area contributed by atoms with Crippen molar-refractivity contribution in [2.24, 2.45) is 11.7 Å². The molecule has 1 fully saturated rings. The molecule has 0 aromatic heterocycles. The third-order valence-corrected chi connectivity index (χ3v) is 5.86. The topological polar surface area (TPSA) is 72.6 Å². The zero-order valence-corrected chi connectivity index (χ0v) is 13.5. The predicted molar refractivity (Wildman–Crippen MR) is 82.7 cm³/mol. The molecule has 0 bridgehead atoms. The molecule has 2 rings (SSSR count). The second-order valence-electron chi connectivity index (χ2n) is 5.70. The normalized spacial score (nSPS) is 23.2. The molecule has 6 heteroatoms. The molecule has 0 amide bonds. The van der Waals surface area contributed by atoms with Crippen LogP contribution in [0.3, 0.4) is 0 Å². The molecule has 1 aromatic rings. The van der Waals surface area contributed by atoms with Gasteiger partial charge in [0.2, 0.25) is 10.0 Å². The molecule has 1 saturated carbocycles. The summed E-state index contributed by atoms with van der Waals surface area (Å²) in [5.74, 6) is 1.10. The first-order valence-electron chi connectivity index (χ1n) is 7.34. The monoisotopic (exact) mass is 312 g/mol. The molecular weight excluding hydrogens is 288 g/mol. The van der Waals surface area contributed by atoms with E-state index in [-0.39, 0.29) is 11.0 Å². The van der Waals surface area contributed by atoms with E-state index in [9.17, 15) is 8.42 Å². The third-order valence-electron chi connectivity index (χ3n) is 4.03. The van der Waals surface area contributed by atoms with Gasteiger partial charge in [0.1, 0.15) is 11.9 Å². The van der Waals surface area contributed by atoms with Gasteiger partial charge in [-0.05, 0) is 50.1 Å². The maximum atomic E-state index is 12.0. The Morgan fingerprint density at radius 1 is 1.19 bits per heavy atom. The van der Waals surface area contributed by atoms with Gasteiger partial charge in [0.05, 0.1) is 4.90 Å². The molecular formula is C15H24N2O3S. The average Bonchev–Trinajstić information content (AvgIpc) is 2.48. The molecule has 0 aliphatic heterocycles. The minimum absolute atomic E-state index is 0.139. The van der Waals surface area contributed by atoms with Crippen molar-refractivity contribution in [2.45, 2.75) is 36.7 Å². The number of rotatable bonds is 5. The Hall–Kier alpha value is -1.11. The molecule has 2 atom stereocenters. The number of sulfonamides is 1. The van der Waals surface area contributed by atoms with Gasteiger partial charge >= 0.3 is 0 Å².